The maximum absolute atomic E-state index is 15.5. The largest absolute Gasteiger partial charge is 0.497 e. The van der Waals surface area contributed by atoms with Crippen molar-refractivity contribution in [3.63, 3.8) is 0 Å². The average molecular weight is 495 g/mol. The van der Waals surface area contributed by atoms with E-state index in [1.54, 1.807) is 25.3 Å². The van der Waals surface area contributed by atoms with Crippen LogP contribution in [0.3, 0.4) is 0 Å². The van der Waals surface area contributed by atoms with E-state index in [2.05, 4.69) is 9.88 Å². The Bertz CT molecular complexity index is 974. The number of carboxylic acid groups (broad SMARTS) is 1. The average Bonchev–Trinajstić information content (AvgIpc) is 2.78. The molecule has 0 unspecified atom stereocenters. The van der Waals surface area contributed by atoms with Crippen molar-refractivity contribution in [3.8, 4) is 5.75 Å². The van der Waals surface area contributed by atoms with Gasteiger partial charge in [-0.15, -0.1) is 0 Å². The third-order valence-corrected chi connectivity index (χ3v) is 8.81. The number of fused-ring (bicyclic) bond motifs is 1. The number of ether oxygens (including phenoxy) is 1. The van der Waals surface area contributed by atoms with Gasteiger partial charge in [-0.1, -0.05) is 18.0 Å². The molecule has 180 valence electrons. The number of pyridine rings is 1. The number of rotatable bonds is 10. The predicted molar refractivity (Wildman–Crippen MR) is 132 cm³/mol. The van der Waals surface area contributed by atoms with Gasteiger partial charge < -0.3 is 14.7 Å². The van der Waals surface area contributed by atoms with Crippen molar-refractivity contribution >= 4 is 40.2 Å². The minimum absolute atomic E-state index is 0.0299. The maximum atomic E-state index is 15.5. The van der Waals surface area contributed by atoms with E-state index < -0.39 is 18.1 Å². The van der Waals surface area contributed by atoms with Gasteiger partial charge in [-0.05, 0) is 62.8 Å². The molecule has 5 nitrogen and oxygen atoms in total. The summed E-state index contributed by atoms with van der Waals surface area (Å²) in [5, 5.41) is 11.6. The Morgan fingerprint density at radius 1 is 1.39 bits per heavy atom. The summed E-state index contributed by atoms with van der Waals surface area (Å²) in [6.07, 6.45) is 5.72. The number of carbonyl (C=O) groups is 1. The van der Waals surface area contributed by atoms with Gasteiger partial charge in [-0.25, -0.2) is 4.39 Å². The Balaban J connectivity index is 1.37. The third-order valence-electron chi connectivity index (χ3n) is 7.14. The molecule has 1 N–H and O–H groups in total. The van der Waals surface area contributed by atoms with Gasteiger partial charge in [0.05, 0.1) is 23.6 Å². The summed E-state index contributed by atoms with van der Waals surface area (Å²) in [6, 6.07) is 5.34. The minimum atomic E-state index is -1.29. The van der Waals surface area contributed by atoms with Gasteiger partial charge in [-0.2, -0.15) is 11.8 Å². The van der Waals surface area contributed by atoms with Crippen LogP contribution in [0.15, 0.2) is 24.4 Å². The van der Waals surface area contributed by atoms with Crippen LogP contribution >= 0.6 is 23.4 Å². The molecule has 0 bridgehead atoms. The van der Waals surface area contributed by atoms with Crippen molar-refractivity contribution in [2.75, 3.05) is 32.5 Å². The number of nitrogens with zero attached hydrogens (tertiary/aromatic N) is 2. The van der Waals surface area contributed by atoms with E-state index in [0.717, 1.165) is 30.5 Å². The van der Waals surface area contributed by atoms with Crippen molar-refractivity contribution < 1.29 is 19.0 Å². The van der Waals surface area contributed by atoms with E-state index in [9.17, 15) is 9.90 Å². The Kier molecular flexibility index (Phi) is 8.36. The lowest BCUT2D eigenvalue weighted by molar-refractivity contribution is -0.146. The first-order valence-corrected chi connectivity index (χ1v) is 13.2. The van der Waals surface area contributed by atoms with Gasteiger partial charge in [-0.3, -0.25) is 9.78 Å². The number of halogens is 2. The zero-order valence-electron chi connectivity index (χ0n) is 19.0. The summed E-state index contributed by atoms with van der Waals surface area (Å²) in [5.74, 6) is 0.422. The molecule has 1 saturated carbocycles. The van der Waals surface area contributed by atoms with Crippen molar-refractivity contribution in [2.24, 2.45) is 11.8 Å². The molecule has 2 heterocycles. The van der Waals surface area contributed by atoms with Crippen LogP contribution in [0.4, 0.5) is 4.39 Å². The highest BCUT2D eigenvalue weighted by atomic mass is 35.5. The van der Waals surface area contributed by atoms with E-state index in [1.807, 2.05) is 11.8 Å². The number of thioether (sulfide) groups is 1. The van der Waals surface area contributed by atoms with Gasteiger partial charge in [0.15, 0.2) is 0 Å². The van der Waals surface area contributed by atoms with Gasteiger partial charge in [0.2, 0.25) is 0 Å². The number of hydrogen-bond donors (Lipinski definition) is 1. The van der Waals surface area contributed by atoms with Crippen LogP contribution in [0.1, 0.15) is 50.3 Å². The lowest BCUT2D eigenvalue weighted by Gasteiger charge is -2.37. The SMILES string of the molecule is COc1ccc2ncc(Cl)c([C@@H](F)CC[C@H]3CCN(CCSC4CCC4)C[C@H]3C(=O)O)c2c1. The monoisotopic (exact) mass is 494 g/mol. The van der Waals surface area contributed by atoms with E-state index >= 15 is 4.39 Å². The quantitative estimate of drug-likeness (QED) is 0.437. The standard InChI is InChI=1S/C25H32ClFN2O3S/c1-32-17-6-8-23-19(13-17)24(21(26)14-28-23)22(27)7-5-16-9-10-29(15-20(16)25(30)31)11-12-33-18-3-2-4-18/h6,8,13-14,16,18,20,22H,2-5,7,9-12,15H2,1H3,(H,30,31)/t16-,20+,22-/m0/s1. The number of methoxy groups -OCH3 is 1. The number of aliphatic carboxylic acids is 1. The highest BCUT2D eigenvalue weighted by Gasteiger charge is 2.35. The smallest absolute Gasteiger partial charge is 0.308 e. The van der Waals surface area contributed by atoms with Crippen molar-refractivity contribution in [3.05, 3.63) is 35.0 Å². The molecule has 4 rings (SSSR count). The molecule has 33 heavy (non-hydrogen) atoms. The van der Waals surface area contributed by atoms with E-state index in [-0.39, 0.29) is 17.4 Å². The number of hydrogen-bond acceptors (Lipinski definition) is 5. The molecule has 2 fully saturated rings. The molecular weight excluding hydrogens is 463 g/mol. The van der Waals surface area contributed by atoms with Gasteiger partial charge in [0, 0.05) is 41.2 Å². The number of carboxylic acids is 1. The van der Waals surface area contributed by atoms with Gasteiger partial charge >= 0.3 is 5.97 Å². The van der Waals surface area contributed by atoms with Crippen LogP contribution in [-0.2, 0) is 4.79 Å². The van der Waals surface area contributed by atoms with Crippen molar-refractivity contribution in [2.45, 2.75) is 49.9 Å². The van der Waals surface area contributed by atoms with Crippen LogP contribution in [0.2, 0.25) is 5.02 Å². The van der Waals surface area contributed by atoms with E-state index in [0.29, 0.717) is 35.2 Å². The van der Waals surface area contributed by atoms with Gasteiger partial charge in [0.1, 0.15) is 11.9 Å². The van der Waals surface area contributed by atoms with Gasteiger partial charge in [0.25, 0.3) is 0 Å². The second kappa shape index (κ2) is 11.2. The second-order valence-electron chi connectivity index (χ2n) is 9.17. The molecule has 2 aliphatic rings. The van der Waals surface area contributed by atoms with Crippen LogP contribution in [0.25, 0.3) is 10.9 Å². The van der Waals surface area contributed by atoms with E-state index in [1.165, 1.54) is 25.5 Å². The molecule has 1 saturated heterocycles. The molecule has 2 aromatic rings. The first-order chi connectivity index (χ1) is 16.0. The number of alkyl halides is 1. The summed E-state index contributed by atoms with van der Waals surface area (Å²) in [6.45, 7) is 2.37. The third kappa shape index (κ3) is 5.92. The molecule has 1 aliphatic heterocycles. The zero-order chi connectivity index (χ0) is 23.4. The summed E-state index contributed by atoms with van der Waals surface area (Å²) in [5.41, 5.74) is 1.08. The number of aromatic nitrogens is 1. The minimum Gasteiger partial charge on any atom is -0.497 e. The molecule has 0 radical (unpaired) electrons. The summed E-state index contributed by atoms with van der Waals surface area (Å²) < 4.78 is 20.8. The summed E-state index contributed by atoms with van der Waals surface area (Å²) in [7, 11) is 1.57. The summed E-state index contributed by atoms with van der Waals surface area (Å²) >= 11 is 8.37. The van der Waals surface area contributed by atoms with E-state index in [4.69, 9.17) is 16.3 Å². The first kappa shape index (κ1) is 24.6. The highest BCUT2D eigenvalue weighted by molar-refractivity contribution is 7.99. The molecule has 1 aliphatic carbocycles. The second-order valence-corrected chi connectivity index (χ2v) is 11.0. The molecule has 8 heteroatoms. The Hall–Kier alpha value is -1.57. The fraction of sp³-hybridized carbons (Fsp3) is 0.600. The summed E-state index contributed by atoms with van der Waals surface area (Å²) in [4.78, 5) is 18.6. The van der Waals surface area contributed by atoms with Crippen molar-refractivity contribution in [1.82, 2.24) is 9.88 Å². The number of benzene rings is 1. The zero-order valence-corrected chi connectivity index (χ0v) is 20.6. The number of likely N-dealkylation sites (tertiary alicyclic amines) is 1. The molecule has 1 aromatic heterocycles. The maximum Gasteiger partial charge on any atom is 0.308 e. The van der Waals surface area contributed by atoms with Crippen LogP contribution < -0.4 is 4.74 Å². The molecule has 0 amide bonds. The normalized spacial score (nSPS) is 22.8. The molecule has 3 atom stereocenters. The predicted octanol–water partition coefficient (Wildman–Crippen LogP) is 6.00. The fourth-order valence-electron chi connectivity index (χ4n) is 4.90. The Morgan fingerprint density at radius 3 is 2.91 bits per heavy atom. The molecule has 0 spiro atoms. The number of piperidine rings is 1. The topological polar surface area (TPSA) is 62.7 Å². The first-order valence-electron chi connectivity index (χ1n) is 11.8. The van der Waals surface area contributed by atoms with Crippen LogP contribution in [-0.4, -0.2) is 58.7 Å². The Labute approximate surface area is 204 Å². The van der Waals surface area contributed by atoms with Crippen molar-refractivity contribution in [1.29, 1.82) is 0 Å². The van der Waals surface area contributed by atoms with Crippen LogP contribution in [0, 0.1) is 11.8 Å². The van der Waals surface area contributed by atoms with Crippen LogP contribution in [0.5, 0.6) is 5.75 Å². The fourth-order valence-corrected chi connectivity index (χ4v) is 6.53. The highest BCUT2D eigenvalue weighted by Crippen LogP contribution is 2.39. The molecule has 1 aromatic carbocycles. The Morgan fingerprint density at radius 2 is 2.21 bits per heavy atom. The molecular formula is C25H32ClFN2O3S. The lowest BCUT2D eigenvalue weighted by Crippen LogP contribution is -2.44. The lowest BCUT2D eigenvalue weighted by atomic mass is 9.81.